The lowest BCUT2D eigenvalue weighted by Crippen LogP contribution is -2.29. The van der Waals surface area contributed by atoms with Gasteiger partial charge in [-0.05, 0) is 48.9 Å². The first-order chi connectivity index (χ1) is 13.4. The highest BCUT2D eigenvalue weighted by Gasteiger charge is 2.15. The van der Waals surface area contributed by atoms with Crippen LogP contribution in [0.25, 0.3) is 0 Å². The maximum Gasteiger partial charge on any atom is 0.227 e. The van der Waals surface area contributed by atoms with Crippen LogP contribution in [0.1, 0.15) is 50.7 Å². The summed E-state index contributed by atoms with van der Waals surface area (Å²) >= 11 is 6.03. The molecule has 0 saturated heterocycles. The van der Waals surface area contributed by atoms with Crippen molar-refractivity contribution in [3.63, 3.8) is 0 Å². The number of carbonyl (C=O) groups is 2. The molecule has 0 heterocycles. The number of halogens is 1. The summed E-state index contributed by atoms with van der Waals surface area (Å²) in [6.45, 7) is 6.75. The number of anilines is 1. The van der Waals surface area contributed by atoms with Crippen molar-refractivity contribution in [2.45, 2.75) is 46.0 Å². The van der Waals surface area contributed by atoms with Gasteiger partial charge >= 0.3 is 0 Å². The normalized spacial score (nSPS) is 11.9. The lowest BCUT2D eigenvalue weighted by molar-refractivity contribution is -0.122. The molecule has 28 heavy (non-hydrogen) atoms. The van der Waals surface area contributed by atoms with Gasteiger partial charge < -0.3 is 10.6 Å². The summed E-state index contributed by atoms with van der Waals surface area (Å²) in [5.41, 5.74) is 2.89. The van der Waals surface area contributed by atoms with Crippen molar-refractivity contribution in [2.75, 3.05) is 11.9 Å². The SMILES string of the molecule is CC(C)Cc1ccc(C(C)C(=O)NCCCC(=O)Nc2ccccc2Cl)cc1. The summed E-state index contributed by atoms with van der Waals surface area (Å²) in [5, 5.41) is 6.21. The predicted molar refractivity (Wildman–Crippen MR) is 116 cm³/mol. The van der Waals surface area contributed by atoms with Gasteiger partial charge in [-0.1, -0.05) is 61.8 Å². The highest BCUT2D eigenvalue weighted by Crippen LogP contribution is 2.21. The molecule has 150 valence electrons. The molecule has 1 atom stereocenters. The zero-order chi connectivity index (χ0) is 20.5. The van der Waals surface area contributed by atoms with E-state index in [9.17, 15) is 9.59 Å². The van der Waals surface area contributed by atoms with Crippen molar-refractivity contribution < 1.29 is 9.59 Å². The molecule has 0 spiro atoms. The Hall–Kier alpha value is -2.33. The quantitative estimate of drug-likeness (QED) is 0.570. The van der Waals surface area contributed by atoms with E-state index in [2.05, 4.69) is 36.6 Å². The number of amides is 2. The molecule has 2 aromatic carbocycles. The van der Waals surface area contributed by atoms with Crippen molar-refractivity contribution >= 4 is 29.1 Å². The standard InChI is InChI=1S/C23H29ClN2O2/c1-16(2)15-18-10-12-19(13-11-18)17(3)23(28)25-14-6-9-22(27)26-21-8-5-4-7-20(21)24/h4-5,7-8,10-13,16-17H,6,9,14-15H2,1-3H3,(H,25,28)(H,26,27). The van der Waals surface area contributed by atoms with Crippen LogP contribution in [0.15, 0.2) is 48.5 Å². The van der Waals surface area contributed by atoms with E-state index >= 15 is 0 Å². The van der Waals surface area contributed by atoms with Gasteiger partial charge in [0.15, 0.2) is 0 Å². The second kappa shape index (κ2) is 10.9. The molecule has 0 radical (unpaired) electrons. The number of nitrogens with one attached hydrogen (secondary N) is 2. The van der Waals surface area contributed by atoms with E-state index in [0.29, 0.717) is 36.0 Å². The molecule has 2 rings (SSSR count). The van der Waals surface area contributed by atoms with Gasteiger partial charge in [-0.15, -0.1) is 0 Å². The molecule has 0 fully saturated rings. The Kier molecular flexibility index (Phi) is 8.52. The first-order valence-corrected chi connectivity index (χ1v) is 10.2. The summed E-state index contributed by atoms with van der Waals surface area (Å²) < 4.78 is 0. The molecule has 5 heteroatoms. The summed E-state index contributed by atoms with van der Waals surface area (Å²) in [6, 6.07) is 15.4. The number of carbonyl (C=O) groups excluding carboxylic acids is 2. The number of benzene rings is 2. The van der Waals surface area contributed by atoms with Crippen molar-refractivity contribution in [1.82, 2.24) is 5.32 Å². The van der Waals surface area contributed by atoms with Crippen molar-refractivity contribution in [1.29, 1.82) is 0 Å². The van der Waals surface area contributed by atoms with Crippen LogP contribution in [0.4, 0.5) is 5.69 Å². The smallest absolute Gasteiger partial charge is 0.227 e. The van der Waals surface area contributed by atoms with E-state index in [0.717, 1.165) is 12.0 Å². The molecule has 1 unspecified atom stereocenters. The minimum atomic E-state index is -0.218. The Balaban J connectivity index is 1.72. The summed E-state index contributed by atoms with van der Waals surface area (Å²) in [6.07, 6.45) is 1.93. The second-order valence-corrected chi connectivity index (χ2v) is 7.89. The molecular weight excluding hydrogens is 372 g/mol. The van der Waals surface area contributed by atoms with Crippen LogP contribution in [0.5, 0.6) is 0 Å². The van der Waals surface area contributed by atoms with Gasteiger partial charge in [-0.3, -0.25) is 9.59 Å². The Labute approximate surface area is 172 Å². The molecule has 2 aromatic rings. The van der Waals surface area contributed by atoms with E-state index in [-0.39, 0.29) is 17.7 Å². The van der Waals surface area contributed by atoms with Gasteiger partial charge in [-0.25, -0.2) is 0 Å². The molecule has 4 nitrogen and oxygen atoms in total. The summed E-state index contributed by atoms with van der Waals surface area (Å²) in [7, 11) is 0. The molecule has 0 aliphatic rings. The second-order valence-electron chi connectivity index (χ2n) is 7.48. The number of rotatable bonds is 9. The van der Waals surface area contributed by atoms with Crippen molar-refractivity contribution in [3.8, 4) is 0 Å². The lowest BCUT2D eigenvalue weighted by Gasteiger charge is -2.14. The summed E-state index contributed by atoms with van der Waals surface area (Å²) in [5.74, 6) is 0.256. The average Bonchev–Trinajstić information content (AvgIpc) is 2.66. The number of hydrogen-bond acceptors (Lipinski definition) is 2. The monoisotopic (exact) mass is 400 g/mol. The number of hydrogen-bond donors (Lipinski definition) is 2. The van der Waals surface area contributed by atoms with E-state index in [1.54, 1.807) is 12.1 Å². The zero-order valence-corrected chi connectivity index (χ0v) is 17.6. The van der Waals surface area contributed by atoms with Gasteiger partial charge in [-0.2, -0.15) is 0 Å². The Morgan fingerprint density at radius 2 is 1.68 bits per heavy atom. The zero-order valence-electron chi connectivity index (χ0n) is 16.8. The predicted octanol–water partition coefficient (Wildman–Crippen LogP) is 5.18. The minimum Gasteiger partial charge on any atom is -0.356 e. The van der Waals surface area contributed by atoms with Crippen LogP contribution >= 0.6 is 11.6 Å². The molecule has 0 aliphatic heterocycles. The Bertz CT molecular complexity index is 787. The van der Waals surface area contributed by atoms with Crippen LogP contribution in [-0.2, 0) is 16.0 Å². The lowest BCUT2D eigenvalue weighted by atomic mass is 9.96. The third-order valence-electron chi connectivity index (χ3n) is 4.54. The summed E-state index contributed by atoms with van der Waals surface area (Å²) in [4.78, 5) is 24.3. The fraction of sp³-hybridized carbons (Fsp3) is 0.391. The van der Waals surface area contributed by atoms with Gasteiger partial charge in [0.25, 0.3) is 0 Å². The Morgan fingerprint density at radius 1 is 1.00 bits per heavy atom. The van der Waals surface area contributed by atoms with Crippen LogP contribution in [-0.4, -0.2) is 18.4 Å². The van der Waals surface area contributed by atoms with Gasteiger partial charge in [0, 0.05) is 13.0 Å². The van der Waals surface area contributed by atoms with E-state index < -0.39 is 0 Å². The van der Waals surface area contributed by atoms with Crippen LogP contribution in [0, 0.1) is 5.92 Å². The van der Waals surface area contributed by atoms with Gasteiger partial charge in [0.05, 0.1) is 16.6 Å². The maximum atomic E-state index is 12.4. The van der Waals surface area contributed by atoms with Crippen molar-refractivity contribution in [2.24, 2.45) is 5.92 Å². The highest BCUT2D eigenvalue weighted by molar-refractivity contribution is 6.33. The van der Waals surface area contributed by atoms with Crippen LogP contribution < -0.4 is 10.6 Å². The molecule has 2 amide bonds. The first kappa shape index (κ1) is 22.0. The number of para-hydroxylation sites is 1. The minimum absolute atomic E-state index is 0.0249. The largest absolute Gasteiger partial charge is 0.356 e. The van der Waals surface area contributed by atoms with Crippen molar-refractivity contribution in [3.05, 3.63) is 64.7 Å². The fourth-order valence-corrected chi connectivity index (χ4v) is 3.14. The molecule has 0 bridgehead atoms. The van der Waals surface area contributed by atoms with Gasteiger partial charge in [0.2, 0.25) is 11.8 Å². The molecular formula is C23H29ClN2O2. The Morgan fingerprint density at radius 3 is 2.32 bits per heavy atom. The average molecular weight is 401 g/mol. The maximum absolute atomic E-state index is 12.4. The van der Waals surface area contributed by atoms with E-state index in [1.807, 2.05) is 31.2 Å². The fourth-order valence-electron chi connectivity index (χ4n) is 2.95. The van der Waals surface area contributed by atoms with Crippen LogP contribution in [0.3, 0.4) is 0 Å². The molecule has 0 saturated carbocycles. The third-order valence-corrected chi connectivity index (χ3v) is 4.87. The topological polar surface area (TPSA) is 58.2 Å². The molecule has 0 aromatic heterocycles. The van der Waals surface area contributed by atoms with E-state index in [4.69, 9.17) is 11.6 Å². The van der Waals surface area contributed by atoms with E-state index in [1.165, 1.54) is 5.56 Å². The molecule has 2 N–H and O–H groups in total. The third kappa shape index (κ3) is 7.01. The molecule has 0 aliphatic carbocycles. The van der Waals surface area contributed by atoms with Gasteiger partial charge in [0.1, 0.15) is 0 Å². The first-order valence-electron chi connectivity index (χ1n) is 9.77. The highest BCUT2D eigenvalue weighted by atomic mass is 35.5. The van der Waals surface area contributed by atoms with Crippen LogP contribution in [0.2, 0.25) is 5.02 Å².